The number of para-hydroxylation sites is 2. The van der Waals surface area contributed by atoms with E-state index in [0.717, 1.165) is 17.1 Å². The lowest BCUT2D eigenvalue weighted by molar-refractivity contribution is 0.0934. The van der Waals surface area contributed by atoms with Crippen molar-refractivity contribution in [2.75, 3.05) is 19.8 Å². The third-order valence-electron chi connectivity index (χ3n) is 4.52. The highest BCUT2D eigenvalue weighted by Gasteiger charge is 2.15. The lowest BCUT2D eigenvalue weighted by Crippen LogP contribution is -2.27. The fraction of sp³-hybridized carbons (Fsp3) is 0.240. The van der Waals surface area contributed by atoms with E-state index in [4.69, 9.17) is 14.2 Å². The van der Waals surface area contributed by atoms with Crippen LogP contribution in [0.5, 0.6) is 17.2 Å². The summed E-state index contributed by atoms with van der Waals surface area (Å²) in [5, 5.41) is 3.03. The molecule has 0 fully saturated rings. The van der Waals surface area contributed by atoms with Gasteiger partial charge in [-0.2, -0.15) is 0 Å². The second kappa shape index (κ2) is 10.9. The molecule has 0 aliphatic heterocycles. The number of ether oxygens (including phenoxy) is 3. The highest BCUT2D eigenvalue weighted by molar-refractivity contribution is 5.97. The summed E-state index contributed by atoms with van der Waals surface area (Å²) in [6.45, 7) is 5.25. The van der Waals surface area contributed by atoms with Gasteiger partial charge in [-0.1, -0.05) is 42.5 Å². The van der Waals surface area contributed by atoms with Gasteiger partial charge < -0.3 is 19.5 Å². The second-order valence-corrected chi connectivity index (χ2v) is 6.70. The molecule has 3 aromatic rings. The molecule has 3 rings (SSSR count). The molecule has 30 heavy (non-hydrogen) atoms. The SMILES string of the molecule is CCOc1ccc(C(C)NC(=O)c2ccccc2OCCOc2ccccc2)cc1. The van der Waals surface area contributed by atoms with Crippen molar-refractivity contribution in [1.29, 1.82) is 0 Å². The average molecular weight is 405 g/mol. The molecule has 1 atom stereocenters. The maximum Gasteiger partial charge on any atom is 0.255 e. The number of rotatable bonds is 10. The third kappa shape index (κ3) is 6.01. The Morgan fingerprint density at radius 1 is 0.800 bits per heavy atom. The first-order chi connectivity index (χ1) is 14.7. The van der Waals surface area contributed by atoms with Crippen molar-refractivity contribution in [2.45, 2.75) is 19.9 Å². The largest absolute Gasteiger partial charge is 0.494 e. The lowest BCUT2D eigenvalue weighted by atomic mass is 10.1. The van der Waals surface area contributed by atoms with Gasteiger partial charge in [-0.25, -0.2) is 0 Å². The molecule has 0 saturated heterocycles. The Morgan fingerprint density at radius 3 is 2.17 bits per heavy atom. The molecule has 1 amide bonds. The van der Waals surface area contributed by atoms with Gasteiger partial charge in [0.05, 0.1) is 18.2 Å². The van der Waals surface area contributed by atoms with Crippen LogP contribution in [0.15, 0.2) is 78.9 Å². The highest BCUT2D eigenvalue weighted by atomic mass is 16.5. The minimum atomic E-state index is -0.184. The number of carbonyl (C=O) groups excluding carboxylic acids is 1. The smallest absolute Gasteiger partial charge is 0.255 e. The molecule has 1 unspecified atom stereocenters. The van der Waals surface area contributed by atoms with Gasteiger partial charge in [-0.15, -0.1) is 0 Å². The van der Waals surface area contributed by atoms with Crippen LogP contribution in [0, 0.1) is 0 Å². The number of hydrogen-bond donors (Lipinski definition) is 1. The maximum absolute atomic E-state index is 12.8. The van der Waals surface area contributed by atoms with Crippen LogP contribution in [-0.2, 0) is 0 Å². The van der Waals surface area contributed by atoms with E-state index in [1.54, 1.807) is 12.1 Å². The topological polar surface area (TPSA) is 56.8 Å². The summed E-state index contributed by atoms with van der Waals surface area (Å²) in [6.07, 6.45) is 0. The van der Waals surface area contributed by atoms with Gasteiger partial charge in [0.2, 0.25) is 0 Å². The Balaban J connectivity index is 1.56. The van der Waals surface area contributed by atoms with E-state index in [1.165, 1.54) is 0 Å². The summed E-state index contributed by atoms with van der Waals surface area (Å²) in [5.74, 6) is 1.95. The fourth-order valence-electron chi connectivity index (χ4n) is 2.99. The van der Waals surface area contributed by atoms with Crippen molar-refractivity contribution >= 4 is 5.91 Å². The first-order valence-corrected chi connectivity index (χ1v) is 10.1. The monoisotopic (exact) mass is 405 g/mol. The summed E-state index contributed by atoms with van der Waals surface area (Å²) in [6, 6.07) is 24.4. The summed E-state index contributed by atoms with van der Waals surface area (Å²) in [5.41, 5.74) is 1.50. The zero-order valence-corrected chi connectivity index (χ0v) is 17.3. The van der Waals surface area contributed by atoms with Crippen molar-refractivity contribution < 1.29 is 19.0 Å². The average Bonchev–Trinajstić information content (AvgIpc) is 2.78. The van der Waals surface area contributed by atoms with Gasteiger partial charge in [0.15, 0.2) is 0 Å². The molecule has 1 N–H and O–H groups in total. The Morgan fingerprint density at radius 2 is 1.43 bits per heavy atom. The van der Waals surface area contributed by atoms with Crippen LogP contribution in [0.1, 0.15) is 35.8 Å². The quantitative estimate of drug-likeness (QED) is 0.481. The minimum Gasteiger partial charge on any atom is -0.494 e. The molecule has 5 heteroatoms. The van der Waals surface area contributed by atoms with Crippen LogP contribution in [0.4, 0.5) is 0 Å². The molecule has 0 aliphatic carbocycles. The summed E-state index contributed by atoms with van der Waals surface area (Å²) < 4.78 is 16.9. The molecular weight excluding hydrogens is 378 g/mol. The predicted molar refractivity (Wildman–Crippen MR) is 117 cm³/mol. The van der Waals surface area contributed by atoms with Gasteiger partial charge in [0.1, 0.15) is 30.5 Å². The highest BCUT2D eigenvalue weighted by Crippen LogP contribution is 2.21. The van der Waals surface area contributed by atoms with Crippen molar-refractivity contribution in [1.82, 2.24) is 5.32 Å². The Kier molecular flexibility index (Phi) is 7.72. The van der Waals surface area contributed by atoms with Crippen molar-refractivity contribution in [3.05, 3.63) is 90.0 Å². The van der Waals surface area contributed by atoms with E-state index in [1.807, 2.05) is 80.6 Å². The Bertz CT molecular complexity index is 925. The van der Waals surface area contributed by atoms with E-state index in [-0.39, 0.29) is 11.9 Å². The first kappa shape index (κ1) is 21.2. The van der Waals surface area contributed by atoms with E-state index in [9.17, 15) is 4.79 Å². The molecule has 0 radical (unpaired) electrons. The van der Waals surface area contributed by atoms with Crippen molar-refractivity contribution in [2.24, 2.45) is 0 Å². The summed E-state index contributed by atoms with van der Waals surface area (Å²) in [4.78, 5) is 12.8. The zero-order valence-electron chi connectivity index (χ0n) is 17.3. The molecule has 0 aromatic heterocycles. The number of amides is 1. The molecule has 0 aliphatic rings. The van der Waals surface area contributed by atoms with Gasteiger partial charge in [-0.3, -0.25) is 4.79 Å². The molecular formula is C25H27NO4. The van der Waals surface area contributed by atoms with Crippen LogP contribution in [0.25, 0.3) is 0 Å². The van der Waals surface area contributed by atoms with Gasteiger partial charge >= 0.3 is 0 Å². The van der Waals surface area contributed by atoms with Crippen LogP contribution in [0.2, 0.25) is 0 Å². The molecule has 5 nitrogen and oxygen atoms in total. The summed E-state index contributed by atoms with van der Waals surface area (Å²) >= 11 is 0. The van der Waals surface area contributed by atoms with E-state index < -0.39 is 0 Å². The lowest BCUT2D eigenvalue weighted by Gasteiger charge is -2.17. The molecule has 0 spiro atoms. The van der Waals surface area contributed by atoms with E-state index in [0.29, 0.717) is 31.1 Å². The summed E-state index contributed by atoms with van der Waals surface area (Å²) in [7, 11) is 0. The number of carbonyl (C=O) groups is 1. The molecule has 0 saturated carbocycles. The maximum atomic E-state index is 12.8. The Labute approximate surface area is 177 Å². The van der Waals surface area contributed by atoms with Crippen molar-refractivity contribution in [3.63, 3.8) is 0 Å². The second-order valence-electron chi connectivity index (χ2n) is 6.70. The molecule has 156 valence electrons. The minimum absolute atomic E-state index is 0.150. The fourth-order valence-corrected chi connectivity index (χ4v) is 2.99. The molecule has 0 heterocycles. The normalized spacial score (nSPS) is 11.4. The van der Waals surface area contributed by atoms with Crippen LogP contribution < -0.4 is 19.5 Å². The number of hydrogen-bond acceptors (Lipinski definition) is 4. The molecule has 0 bridgehead atoms. The molecule has 3 aromatic carbocycles. The number of nitrogens with one attached hydrogen (secondary N) is 1. The van der Waals surface area contributed by atoms with Gasteiger partial charge in [0.25, 0.3) is 5.91 Å². The van der Waals surface area contributed by atoms with Gasteiger partial charge in [0, 0.05) is 0 Å². The van der Waals surface area contributed by atoms with Crippen LogP contribution in [-0.4, -0.2) is 25.7 Å². The van der Waals surface area contributed by atoms with E-state index in [2.05, 4.69) is 5.32 Å². The Hall–Kier alpha value is -3.47. The van der Waals surface area contributed by atoms with Crippen molar-refractivity contribution in [3.8, 4) is 17.2 Å². The van der Waals surface area contributed by atoms with E-state index >= 15 is 0 Å². The number of benzene rings is 3. The first-order valence-electron chi connectivity index (χ1n) is 10.1. The predicted octanol–water partition coefficient (Wildman–Crippen LogP) is 5.03. The van der Waals surface area contributed by atoms with Crippen LogP contribution in [0.3, 0.4) is 0 Å². The van der Waals surface area contributed by atoms with Gasteiger partial charge in [-0.05, 0) is 55.8 Å². The standard InChI is InChI=1S/C25H27NO4/c1-3-28-22-15-13-20(14-16-22)19(2)26-25(27)23-11-7-8-12-24(23)30-18-17-29-21-9-5-4-6-10-21/h4-16,19H,3,17-18H2,1-2H3,(H,26,27). The third-order valence-corrected chi connectivity index (χ3v) is 4.52. The zero-order chi connectivity index (χ0) is 21.2. The van der Waals surface area contributed by atoms with Crippen LogP contribution >= 0.6 is 0 Å².